The van der Waals surface area contributed by atoms with Crippen LogP contribution in [0.4, 0.5) is 0 Å². The Labute approximate surface area is 98.6 Å². The van der Waals surface area contributed by atoms with Crippen LogP contribution in [-0.4, -0.2) is 32.0 Å². The summed E-state index contributed by atoms with van der Waals surface area (Å²) in [5.41, 5.74) is 5.64. The summed E-state index contributed by atoms with van der Waals surface area (Å²) in [6.45, 7) is 3.85. The van der Waals surface area contributed by atoms with Gasteiger partial charge in [-0.05, 0) is 6.42 Å². The lowest BCUT2D eigenvalue weighted by Crippen LogP contribution is -2.26. The van der Waals surface area contributed by atoms with Crippen molar-refractivity contribution >= 4 is 11.9 Å². The quantitative estimate of drug-likeness (QED) is 0.729. The molecule has 94 valence electrons. The molecule has 1 heterocycles. The number of aromatic nitrogens is 3. The fraction of sp³-hybridized carbons (Fsp3) is 0.600. The van der Waals surface area contributed by atoms with E-state index >= 15 is 0 Å². The van der Waals surface area contributed by atoms with E-state index in [1.54, 1.807) is 6.92 Å². The molecule has 0 radical (unpaired) electrons. The summed E-state index contributed by atoms with van der Waals surface area (Å²) in [6.07, 6.45) is 1.33. The lowest BCUT2D eigenvalue weighted by atomic mass is 10.1. The van der Waals surface area contributed by atoms with E-state index < -0.39 is 17.8 Å². The maximum absolute atomic E-state index is 11.0. The van der Waals surface area contributed by atoms with Crippen molar-refractivity contribution in [3.05, 3.63) is 11.4 Å². The summed E-state index contributed by atoms with van der Waals surface area (Å²) >= 11 is 0. The highest BCUT2D eigenvalue weighted by atomic mass is 16.4. The minimum absolute atomic E-state index is 0.0523. The number of amides is 1. The van der Waals surface area contributed by atoms with Crippen LogP contribution >= 0.6 is 0 Å². The van der Waals surface area contributed by atoms with Crippen molar-refractivity contribution in [2.45, 2.75) is 33.2 Å². The van der Waals surface area contributed by atoms with Gasteiger partial charge >= 0.3 is 5.97 Å². The molecule has 1 unspecified atom stereocenters. The average Bonchev–Trinajstić information content (AvgIpc) is 2.62. The van der Waals surface area contributed by atoms with Gasteiger partial charge in [0.25, 0.3) is 0 Å². The topological polar surface area (TPSA) is 111 Å². The van der Waals surface area contributed by atoms with Gasteiger partial charge in [-0.1, -0.05) is 25.5 Å². The third-order valence-corrected chi connectivity index (χ3v) is 2.46. The van der Waals surface area contributed by atoms with Crippen LogP contribution in [0.25, 0.3) is 0 Å². The second-order valence-corrected chi connectivity index (χ2v) is 3.93. The molecular weight excluding hydrogens is 224 g/mol. The van der Waals surface area contributed by atoms with Gasteiger partial charge in [0, 0.05) is 0 Å². The molecule has 1 aromatic rings. The molecule has 17 heavy (non-hydrogen) atoms. The Kier molecular flexibility index (Phi) is 4.19. The largest absolute Gasteiger partial charge is 0.476 e. The van der Waals surface area contributed by atoms with Crippen LogP contribution in [-0.2, 0) is 17.8 Å². The smallest absolute Gasteiger partial charge is 0.358 e. The third kappa shape index (κ3) is 3.02. The van der Waals surface area contributed by atoms with Crippen molar-refractivity contribution in [1.29, 1.82) is 0 Å². The zero-order valence-corrected chi connectivity index (χ0v) is 9.88. The molecule has 3 N–H and O–H groups in total. The van der Waals surface area contributed by atoms with Gasteiger partial charge in [0.05, 0.1) is 18.2 Å². The molecule has 0 saturated carbocycles. The Bertz CT molecular complexity index is 427. The highest BCUT2D eigenvalue weighted by Gasteiger charge is 2.20. The fourth-order valence-electron chi connectivity index (χ4n) is 1.48. The number of nitrogens with zero attached hydrogens (tertiary/aromatic N) is 3. The van der Waals surface area contributed by atoms with Crippen LogP contribution in [0.3, 0.4) is 0 Å². The van der Waals surface area contributed by atoms with Gasteiger partial charge in [-0.25, -0.2) is 9.48 Å². The normalized spacial score (nSPS) is 12.4. The summed E-state index contributed by atoms with van der Waals surface area (Å²) in [7, 11) is 0. The lowest BCUT2D eigenvalue weighted by Gasteiger charge is -2.09. The van der Waals surface area contributed by atoms with E-state index in [-0.39, 0.29) is 12.2 Å². The standard InChI is InChI=1S/C10H16N4O3/c1-3-4-7-8(10(16)17)12-13-14(7)5-6(2)9(11)15/h6H,3-5H2,1-2H3,(H2,11,15)(H,16,17). The molecule has 0 bridgehead atoms. The number of aromatic carboxylic acids is 1. The van der Waals surface area contributed by atoms with E-state index in [4.69, 9.17) is 10.8 Å². The molecule has 0 aliphatic rings. The van der Waals surface area contributed by atoms with Crippen LogP contribution < -0.4 is 5.73 Å². The van der Waals surface area contributed by atoms with Gasteiger partial charge < -0.3 is 10.8 Å². The second kappa shape index (κ2) is 5.42. The van der Waals surface area contributed by atoms with Crippen molar-refractivity contribution in [1.82, 2.24) is 15.0 Å². The molecular formula is C10H16N4O3. The van der Waals surface area contributed by atoms with Crippen LogP contribution in [0.1, 0.15) is 36.5 Å². The summed E-state index contributed by atoms with van der Waals surface area (Å²) in [5, 5.41) is 16.3. The molecule has 1 amide bonds. The van der Waals surface area contributed by atoms with Crippen molar-refractivity contribution in [2.75, 3.05) is 0 Å². The summed E-state index contributed by atoms with van der Waals surface area (Å²) in [6, 6.07) is 0. The summed E-state index contributed by atoms with van der Waals surface area (Å²) in [5.74, 6) is -1.96. The minimum Gasteiger partial charge on any atom is -0.476 e. The zero-order chi connectivity index (χ0) is 13.0. The SMILES string of the molecule is CCCc1c(C(=O)O)nnn1CC(C)C(N)=O. The van der Waals surface area contributed by atoms with Gasteiger partial charge in [-0.15, -0.1) is 5.10 Å². The first kappa shape index (κ1) is 13.1. The zero-order valence-electron chi connectivity index (χ0n) is 9.88. The predicted octanol–water partition coefficient (Wildman–Crippen LogP) is 0.0502. The molecule has 1 aromatic heterocycles. The number of rotatable bonds is 6. The fourth-order valence-corrected chi connectivity index (χ4v) is 1.48. The van der Waals surface area contributed by atoms with Crippen LogP contribution in [0.2, 0.25) is 0 Å². The number of carboxylic acid groups (broad SMARTS) is 1. The summed E-state index contributed by atoms with van der Waals surface area (Å²) < 4.78 is 1.45. The molecule has 0 saturated heterocycles. The third-order valence-electron chi connectivity index (χ3n) is 2.46. The van der Waals surface area contributed by atoms with E-state index in [0.29, 0.717) is 12.1 Å². The molecule has 7 nitrogen and oxygen atoms in total. The molecule has 1 atom stereocenters. The number of carboxylic acids is 1. The molecule has 1 rings (SSSR count). The maximum atomic E-state index is 11.0. The Morgan fingerprint density at radius 3 is 2.65 bits per heavy atom. The number of hydrogen-bond donors (Lipinski definition) is 2. The van der Waals surface area contributed by atoms with Crippen molar-refractivity contribution in [3.8, 4) is 0 Å². The van der Waals surface area contributed by atoms with Gasteiger partial charge in [-0.3, -0.25) is 4.79 Å². The van der Waals surface area contributed by atoms with E-state index in [9.17, 15) is 9.59 Å². The van der Waals surface area contributed by atoms with E-state index in [2.05, 4.69) is 10.3 Å². The second-order valence-electron chi connectivity index (χ2n) is 3.93. The van der Waals surface area contributed by atoms with Crippen molar-refractivity contribution in [3.63, 3.8) is 0 Å². The number of nitrogens with two attached hydrogens (primary N) is 1. The molecule has 0 aromatic carbocycles. The Morgan fingerprint density at radius 2 is 2.18 bits per heavy atom. The minimum atomic E-state index is -1.11. The highest BCUT2D eigenvalue weighted by Crippen LogP contribution is 2.11. The van der Waals surface area contributed by atoms with Crippen LogP contribution in [0.15, 0.2) is 0 Å². The van der Waals surface area contributed by atoms with Crippen LogP contribution in [0.5, 0.6) is 0 Å². The first-order chi connectivity index (χ1) is 7.97. The van der Waals surface area contributed by atoms with Gasteiger partial charge in [0.2, 0.25) is 5.91 Å². The predicted molar refractivity (Wildman–Crippen MR) is 59.3 cm³/mol. The Morgan fingerprint density at radius 1 is 1.53 bits per heavy atom. The van der Waals surface area contributed by atoms with Crippen molar-refractivity contribution in [2.24, 2.45) is 11.7 Å². The highest BCUT2D eigenvalue weighted by molar-refractivity contribution is 5.86. The Hall–Kier alpha value is -1.92. The van der Waals surface area contributed by atoms with Crippen LogP contribution in [0, 0.1) is 5.92 Å². The molecule has 0 aliphatic carbocycles. The van der Waals surface area contributed by atoms with E-state index in [0.717, 1.165) is 6.42 Å². The number of carbonyl (C=O) groups excluding carboxylic acids is 1. The molecule has 0 aliphatic heterocycles. The van der Waals surface area contributed by atoms with E-state index in [1.807, 2.05) is 6.92 Å². The number of hydrogen-bond acceptors (Lipinski definition) is 4. The van der Waals surface area contributed by atoms with E-state index in [1.165, 1.54) is 4.68 Å². The Balaban J connectivity index is 2.99. The monoisotopic (exact) mass is 240 g/mol. The molecule has 7 heteroatoms. The first-order valence-corrected chi connectivity index (χ1v) is 5.42. The average molecular weight is 240 g/mol. The lowest BCUT2D eigenvalue weighted by molar-refractivity contribution is -0.121. The summed E-state index contributed by atoms with van der Waals surface area (Å²) in [4.78, 5) is 21.9. The first-order valence-electron chi connectivity index (χ1n) is 5.42. The van der Waals surface area contributed by atoms with Gasteiger partial charge in [-0.2, -0.15) is 0 Å². The maximum Gasteiger partial charge on any atom is 0.358 e. The molecule has 0 spiro atoms. The molecule has 0 fully saturated rings. The van der Waals surface area contributed by atoms with Gasteiger partial charge in [0.1, 0.15) is 0 Å². The van der Waals surface area contributed by atoms with Gasteiger partial charge in [0.15, 0.2) is 5.69 Å². The number of carbonyl (C=O) groups is 2. The van der Waals surface area contributed by atoms with Crippen molar-refractivity contribution < 1.29 is 14.7 Å². The number of primary amides is 1.